The zero-order valence-electron chi connectivity index (χ0n) is 13.2. The standard InChI is InChI=1S/C17H27N3/c1-5-6-7-8-11-20-15-10-9-13(18)12-14(15)19-16(20)17(2,3)4/h9-10,12H,5-8,11,18H2,1-4H3. The molecule has 2 aromatic rings. The maximum Gasteiger partial charge on any atom is 0.115 e. The third-order valence-electron chi connectivity index (χ3n) is 3.68. The first kappa shape index (κ1) is 14.9. The number of hydrogen-bond donors (Lipinski definition) is 1. The SMILES string of the molecule is CCCCCCn1c(C(C)(C)C)nc2cc(N)ccc21. The Bertz CT molecular complexity index is 576. The summed E-state index contributed by atoms with van der Waals surface area (Å²) in [6, 6.07) is 6.05. The average Bonchev–Trinajstić information content (AvgIpc) is 2.72. The van der Waals surface area contributed by atoms with Crippen molar-refractivity contribution in [1.29, 1.82) is 0 Å². The Morgan fingerprint density at radius 3 is 2.55 bits per heavy atom. The highest BCUT2D eigenvalue weighted by molar-refractivity contribution is 5.79. The topological polar surface area (TPSA) is 43.8 Å². The van der Waals surface area contributed by atoms with Crippen molar-refractivity contribution in [2.24, 2.45) is 0 Å². The molecule has 0 aliphatic carbocycles. The van der Waals surface area contributed by atoms with Crippen LogP contribution in [0.4, 0.5) is 5.69 Å². The van der Waals surface area contributed by atoms with Crippen LogP contribution in [0.5, 0.6) is 0 Å². The van der Waals surface area contributed by atoms with Gasteiger partial charge in [0.05, 0.1) is 11.0 Å². The van der Waals surface area contributed by atoms with E-state index in [9.17, 15) is 0 Å². The van der Waals surface area contributed by atoms with Gasteiger partial charge in [-0.3, -0.25) is 0 Å². The van der Waals surface area contributed by atoms with E-state index in [1.54, 1.807) is 0 Å². The van der Waals surface area contributed by atoms with Gasteiger partial charge in [-0.05, 0) is 24.6 Å². The Hall–Kier alpha value is -1.51. The highest BCUT2D eigenvalue weighted by Gasteiger charge is 2.22. The number of rotatable bonds is 5. The van der Waals surface area contributed by atoms with Gasteiger partial charge in [-0.2, -0.15) is 0 Å². The van der Waals surface area contributed by atoms with E-state index < -0.39 is 0 Å². The lowest BCUT2D eigenvalue weighted by Crippen LogP contribution is -2.19. The van der Waals surface area contributed by atoms with Gasteiger partial charge in [0.15, 0.2) is 0 Å². The van der Waals surface area contributed by atoms with Gasteiger partial charge in [0, 0.05) is 17.6 Å². The average molecular weight is 273 g/mol. The zero-order chi connectivity index (χ0) is 14.8. The Morgan fingerprint density at radius 1 is 1.15 bits per heavy atom. The number of nitrogen functional groups attached to an aromatic ring is 1. The molecule has 0 amide bonds. The summed E-state index contributed by atoms with van der Waals surface area (Å²) >= 11 is 0. The van der Waals surface area contributed by atoms with Crippen molar-refractivity contribution < 1.29 is 0 Å². The molecule has 0 spiro atoms. The number of fused-ring (bicyclic) bond motifs is 1. The van der Waals surface area contributed by atoms with Crippen LogP contribution in [0.3, 0.4) is 0 Å². The summed E-state index contributed by atoms with van der Waals surface area (Å²) in [4.78, 5) is 4.83. The molecule has 20 heavy (non-hydrogen) atoms. The summed E-state index contributed by atoms with van der Waals surface area (Å²) in [7, 11) is 0. The summed E-state index contributed by atoms with van der Waals surface area (Å²) in [5, 5.41) is 0. The van der Waals surface area contributed by atoms with Crippen LogP contribution in [0.25, 0.3) is 11.0 Å². The molecule has 0 saturated heterocycles. The molecule has 0 unspecified atom stereocenters. The lowest BCUT2D eigenvalue weighted by Gasteiger charge is -2.20. The number of unbranched alkanes of at least 4 members (excludes halogenated alkanes) is 3. The quantitative estimate of drug-likeness (QED) is 0.644. The molecule has 3 nitrogen and oxygen atoms in total. The highest BCUT2D eigenvalue weighted by Crippen LogP contribution is 2.28. The van der Waals surface area contributed by atoms with Crippen molar-refractivity contribution >= 4 is 16.7 Å². The van der Waals surface area contributed by atoms with Crippen LogP contribution < -0.4 is 5.73 Å². The predicted octanol–water partition coefficient (Wildman–Crippen LogP) is 4.50. The number of benzene rings is 1. The minimum atomic E-state index is 0.0541. The van der Waals surface area contributed by atoms with Crippen LogP contribution in [-0.4, -0.2) is 9.55 Å². The molecule has 1 aromatic carbocycles. The fourth-order valence-electron chi connectivity index (χ4n) is 2.64. The fourth-order valence-corrected chi connectivity index (χ4v) is 2.64. The van der Waals surface area contributed by atoms with Gasteiger partial charge in [0.1, 0.15) is 5.82 Å². The number of hydrogen-bond acceptors (Lipinski definition) is 2. The van der Waals surface area contributed by atoms with Crippen molar-refractivity contribution in [2.75, 3.05) is 5.73 Å². The minimum Gasteiger partial charge on any atom is -0.399 e. The minimum absolute atomic E-state index is 0.0541. The number of aromatic nitrogens is 2. The second kappa shape index (κ2) is 5.86. The molecule has 2 rings (SSSR count). The van der Waals surface area contributed by atoms with Crippen molar-refractivity contribution in [3.05, 3.63) is 24.0 Å². The molecule has 110 valence electrons. The van der Waals surface area contributed by atoms with E-state index in [4.69, 9.17) is 10.7 Å². The number of anilines is 1. The van der Waals surface area contributed by atoms with Gasteiger partial charge in [-0.1, -0.05) is 47.0 Å². The van der Waals surface area contributed by atoms with Crippen LogP contribution in [-0.2, 0) is 12.0 Å². The van der Waals surface area contributed by atoms with E-state index in [1.807, 2.05) is 12.1 Å². The number of nitrogens with two attached hydrogens (primary N) is 1. The molecule has 0 fully saturated rings. The van der Waals surface area contributed by atoms with Crippen LogP contribution in [0.1, 0.15) is 59.2 Å². The van der Waals surface area contributed by atoms with Crippen LogP contribution in [0.15, 0.2) is 18.2 Å². The van der Waals surface area contributed by atoms with Gasteiger partial charge in [0.2, 0.25) is 0 Å². The first-order valence-electron chi connectivity index (χ1n) is 7.69. The highest BCUT2D eigenvalue weighted by atomic mass is 15.1. The molecule has 1 aromatic heterocycles. The number of nitrogens with zero attached hydrogens (tertiary/aromatic N) is 2. The zero-order valence-corrected chi connectivity index (χ0v) is 13.2. The maximum atomic E-state index is 5.88. The second-order valence-corrected chi connectivity index (χ2v) is 6.65. The first-order valence-corrected chi connectivity index (χ1v) is 7.69. The lowest BCUT2D eigenvalue weighted by molar-refractivity contribution is 0.488. The number of aryl methyl sites for hydroxylation is 1. The third-order valence-corrected chi connectivity index (χ3v) is 3.68. The molecular formula is C17H27N3. The van der Waals surface area contributed by atoms with Crippen molar-refractivity contribution in [2.45, 2.75) is 65.3 Å². The third kappa shape index (κ3) is 3.14. The van der Waals surface area contributed by atoms with E-state index in [2.05, 4.69) is 38.3 Å². The van der Waals surface area contributed by atoms with Crippen LogP contribution in [0, 0.1) is 0 Å². The molecule has 0 atom stereocenters. The largest absolute Gasteiger partial charge is 0.399 e. The maximum absolute atomic E-state index is 5.88. The fraction of sp³-hybridized carbons (Fsp3) is 0.588. The normalized spacial score (nSPS) is 12.2. The molecule has 0 bridgehead atoms. The summed E-state index contributed by atoms with van der Waals surface area (Å²) in [5.41, 5.74) is 8.95. The second-order valence-electron chi connectivity index (χ2n) is 6.65. The van der Waals surface area contributed by atoms with Gasteiger partial charge >= 0.3 is 0 Å². The lowest BCUT2D eigenvalue weighted by atomic mass is 9.95. The Kier molecular flexibility index (Phi) is 4.36. The van der Waals surface area contributed by atoms with E-state index in [0.29, 0.717) is 0 Å². The Labute approximate surface area is 122 Å². The summed E-state index contributed by atoms with van der Waals surface area (Å²) in [5.74, 6) is 1.16. The summed E-state index contributed by atoms with van der Waals surface area (Å²) in [6.07, 6.45) is 5.08. The van der Waals surface area contributed by atoms with Gasteiger partial charge in [-0.15, -0.1) is 0 Å². The van der Waals surface area contributed by atoms with Crippen molar-refractivity contribution in [1.82, 2.24) is 9.55 Å². The van der Waals surface area contributed by atoms with E-state index in [0.717, 1.165) is 23.6 Å². The van der Waals surface area contributed by atoms with Crippen molar-refractivity contribution in [3.8, 4) is 0 Å². The Morgan fingerprint density at radius 2 is 1.90 bits per heavy atom. The molecular weight excluding hydrogens is 246 g/mol. The van der Waals surface area contributed by atoms with E-state index in [1.165, 1.54) is 31.2 Å². The van der Waals surface area contributed by atoms with Crippen LogP contribution >= 0.6 is 0 Å². The first-order chi connectivity index (χ1) is 9.43. The molecule has 0 radical (unpaired) electrons. The summed E-state index contributed by atoms with van der Waals surface area (Å²) < 4.78 is 2.38. The Balaban J connectivity index is 2.37. The molecule has 0 aliphatic rings. The van der Waals surface area contributed by atoms with E-state index in [-0.39, 0.29) is 5.41 Å². The molecule has 3 heteroatoms. The van der Waals surface area contributed by atoms with Gasteiger partial charge in [0.25, 0.3) is 0 Å². The molecule has 1 heterocycles. The van der Waals surface area contributed by atoms with Crippen molar-refractivity contribution in [3.63, 3.8) is 0 Å². The molecule has 0 saturated carbocycles. The summed E-state index contributed by atoms with van der Waals surface area (Å²) in [6.45, 7) is 9.96. The predicted molar refractivity (Wildman–Crippen MR) is 87.0 cm³/mol. The monoisotopic (exact) mass is 273 g/mol. The molecule has 2 N–H and O–H groups in total. The van der Waals surface area contributed by atoms with Crippen LogP contribution in [0.2, 0.25) is 0 Å². The number of imidazole rings is 1. The van der Waals surface area contributed by atoms with Gasteiger partial charge < -0.3 is 10.3 Å². The molecule has 0 aliphatic heterocycles. The van der Waals surface area contributed by atoms with E-state index >= 15 is 0 Å². The smallest absolute Gasteiger partial charge is 0.115 e. The van der Waals surface area contributed by atoms with Gasteiger partial charge in [-0.25, -0.2) is 4.98 Å².